The SMILES string of the molecule is O=C(C1COc2ccccc2C1)N1CCN(CCn2nc(-n3cccn3)ccc2=O)CC1. The molecule has 1 amide bonds. The molecule has 166 valence electrons. The zero-order chi connectivity index (χ0) is 21.9. The number of hydrogen-bond donors (Lipinski definition) is 0. The predicted octanol–water partition coefficient (Wildman–Crippen LogP) is 0.824. The Labute approximate surface area is 185 Å². The molecule has 9 heteroatoms. The lowest BCUT2D eigenvalue weighted by atomic mass is 9.95. The van der Waals surface area contributed by atoms with Gasteiger partial charge in [-0.05, 0) is 30.2 Å². The van der Waals surface area contributed by atoms with Crippen molar-refractivity contribution in [3.8, 4) is 11.6 Å². The van der Waals surface area contributed by atoms with Crippen molar-refractivity contribution in [2.24, 2.45) is 5.92 Å². The molecule has 0 N–H and O–H groups in total. The molecule has 1 fully saturated rings. The van der Waals surface area contributed by atoms with Crippen LogP contribution in [0, 0.1) is 5.92 Å². The fourth-order valence-electron chi connectivity index (χ4n) is 4.30. The van der Waals surface area contributed by atoms with Crippen molar-refractivity contribution in [2.45, 2.75) is 13.0 Å². The van der Waals surface area contributed by atoms with Crippen molar-refractivity contribution in [3.05, 3.63) is 70.8 Å². The molecule has 32 heavy (non-hydrogen) atoms. The van der Waals surface area contributed by atoms with E-state index in [9.17, 15) is 9.59 Å². The lowest BCUT2D eigenvalue weighted by Crippen LogP contribution is -2.52. The van der Waals surface area contributed by atoms with Gasteiger partial charge in [-0.15, -0.1) is 5.10 Å². The van der Waals surface area contributed by atoms with Gasteiger partial charge in [0.25, 0.3) is 5.56 Å². The molecular formula is C23H26N6O3. The van der Waals surface area contributed by atoms with Gasteiger partial charge in [-0.25, -0.2) is 9.36 Å². The van der Waals surface area contributed by atoms with Crippen molar-refractivity contribution in [3.63, 3.8) is 0 Å². The number of rotatable bonds is 5. The number of amides is 1. The predicted molar refractivity (Wildman–Crippen MR) is 118 cm³/mol. The van der Waals surface area contributed by atoms with E-state index < -0.39 is 0 Å². The maximum absolute atomic E-state index is 13.0. The van der Waals surface area contributed by atoms with Crippen LogP contribution in [0.25, 0.3) is 5.82 Å². The molecular weight excluding hydrogens is 408 g/mol. The number of piperazine rings is 1. The second-order valence-electron chi connectivity index (χ2n) is 8.19. The number of fused-ring (bicyclic) bond motifs is 1. The van der Waals surface area contributed by atoms with Crippen LogP contribution in [0.5, 0.6) is 5.75 Å². The van der Waals surface area contributed by atoms with E-state index in [0.29, 0.717) is 38.6 Å². The Balaban J connectivity index is 1.14. The summed E-state index contributed by atoms with van der Waals surface area (Å²) in [5.74, 6) is 1.55. The van der Waals surface area contributed by atoms with Crippen molar-refractivity contribution < 1.29 is 9.53 Å². The van der Waals surface area contributed by atoms with Crippen molar-refractivity contribution >= 4 is 5.91 Å². The highest BCUT2D eigenvalue weighted by Crippen LogP contribution is 2.27. The topological polar surface area (TPSA) is 85.5 Å². The fourth-order valence-corrected chi connectivity index (χ4v) is 4.30. The summed E-state index contributed by atoms with van der Waals surface area (Å²) < 4.78 is 8.91. The van der Waals surface area contributed by atoms with Gasteiger partial charge in [0.05, 0.1) is 12.5 Å². The van der Waals surface area contributed by atoms with E-state index in [1.165, 1.54) is 10.7 Å². The van der Waals surface area contributed by atoms with Crippen molar-refractivity contribution in [1.29, 1.82) is 0 Å². The molecule has 1 unspecified atom stereocenters. The fraction of sp³-hybridized carbons (Fsp3) is 0.391. The standard InChI is InChI=1S/C23H26N6O3/c30-22-7-6-21(28-9-3-8-24-28)25-29(22)15-12-26-10-13-27(14-11-26)23(31)19-16-18-4-1-2-5-20(18)32-17-19/h1-9,19H,10-17H2. The van der Waals surface area contributed by atoms with Crippen molar-refractivity contribution in [2.75, 3.05) is 39.3 Å². The van der Waals surface area contributed by atoms with Gasteiger partial charge < -0.3 is 9.64 Å². The molecule has 1 aromatic carbocycles. The van der Waals surface area contributed by atoms with Gasteiger partial charge in [0.15, 0.2) is 5.82 Å². The van der Waals surface area contributed by atoms with Crippen LogP contribution >= 0.6 is 0 Å². The number of benzene rings is 1. The summed E-state index contributed by atoms with van der Waals surface area (Å²) in [6, 6.07) is 12.9. The summed E-state index contributed by atoms with van der Waals surface area (Å²) in [7, 11) is 0. The van der Waals surface area contributed by atoms with Crippen LogP contribution in [0.4, 0.5) is 0 Å². The van der Waals surface area contributed by atoms with E-state index >= 15 is 0 Å². The highest BCUT2D eigenvalue weighted by atomic mass is 16.5. The van der Waals surface area contributed by atoms with Crippen molar-refractivity contribution in [1.82, 2.24) is 29.4 Å². The summed E-state index contributed by atoms with van der Waals surface area (Å²) in [6.45, 7) is 4.58. The number of aromatic nitrogens is 4. The van der Waals surface area contributed by atoms with E-state index in [4.69, 9.17) is 4.74 Å². The number of carbonyl (C=O) groups is 1. The number of para-hydroxylation sites is 1. The average molecular weight is 435 g/mol. The molecule has 3 aromatic rings. The molecule has 0 radical (unpaired) electrons. The number of hydrogen-bond acceptors (Lipinski definition) is 6. The minimum Gasteiger partial charge on any atom is -0.492 e. The molecule has 1 saturated heterocycles. The highest BCUT2D eigenvalue weighted by molar-refractivity contribution is 5.80. The number of carbonyl (C=O) groups excluding carboxylic acids is 1. The van der Waals surface area contributed by atoms with E-state index in [1.807, 2.05) is 35.2 Å². The van der Waals surface area contributed by atoms with Gasteiger partial charge >= 0.3 is 0 Å². The third-order valence-corrected chi connectivity index (χ3v) is 6.13. The monoisotopic (exact) mass is 434 g/mol. The van der Waals surface area contributed by atoms with Gasteiger partial charge in [-0.2, -0.15) is 5.10 Å². The lowest BCUT2D eigenvalue weighted by molar-refractivity contribution is -0.138. The van der Waals surface area contributed by atoms with Crippen LogP contribution in [0.1, 0.15) is 5.56 Å². The molecule has 4 heterocycles. The highest BCUT2D eigenvalue weighted by Gasteiger charge is 2.31. The minimum atomic E-state index is -0.132. The van der Waals surface area contributed by atoms with Crippen LogP contribution in [-0.2, 0) is 17.8 Å². The summed E-state index contributed by atoms with van der Waals surface area (Å²) in [5.41, 5.74) is 0.971. The minimum absolute atomic E-state index is 0.121. The maximum atomic E-state index is 13.0. The molecule has 0 saturated carbocycles. The Morgan fingerprint density at radius 2 is 1.88 bits per heavy atom. The van der Waals surface area contributed by atoms with Crippen LogP contribution in [0.15, 0.2) is 59.7 Å². The summed E-state index contributed by atoms with van der Waals surface area (Å²) in [4.78, 5) is 29.4. The van der Waals surface area contributed by atoms with Crippen LogP contribution < -0.4 is 10.3 Å². The third kappa shape index (κ3) is 4.29. The first-order valence-corrected chi connectivity index (χ1v) is 11.0. The Bertz CT molecular complexity index is 1130. The molecule has 2 aromatic heterocycles. The van der Waals surface area contributed by atoms with E-state index in [2.05, 4.69) is 15.1 Å². The number of ether oxygens (including phenoxy) is 1. The quantitative estimate of drug-likeness (QED) is 0.591. The van der Waals surface area contributed by atoms with E-state index in [1.54, 1.807) is 23.1 Å². The van der Waals surface area contributed by atoms with Gasteiger partial charge in [0, 0.05) is 51.2 Å². The number of nitrogens with zero attached hydrogens (tertiary/aromatic N) is 6. The van der Waals surface area contributed by atoms with Crippen LogP contribution in [0.3, 0.4) is 0 Å². The zero-order valence-electron chi connectivity index (χ0n) is 17.8. The Hall–Kier alpha value is -3.46. The maximum Gasteiger partial charge on any atom is 0.266 e. The largest absolute Gasteiger partial charge is 0.492 e. The first-order valence-electron chi connectivity index (χ1n) is 11.0. The molecule has 5 rings (SSSR count). The smallest absolute Gasteiger partial charge is 0.266 e. The molecule has 0 aliphatic carbocycles. The second-order valence-corrected chi connectivity index (χ2v) is 8.19. The molecule has 9 nitrogen and oxygen atoms in total. The Morgan fingerprint density at radius 3 is 2.69 bits per heavy atom. The lowest BCUT2D eigenvalue weighted by Gasteiger charge is -2.37. The van der Waals surface area contributed by atoms with Gasteiger partial charge in [-0.3, -0.25) is 14.5 Å². The van der Waals surface area contributed by atoms with Crippen LogP contribution in [0.2, 0.25) is 0 Å². The van der Waals surface area contributed by atoms with Gasteiger partial charge in [-0.1, -0.05) is 18.2 Å². The zero-order valence-corrected chi connectivity index (χ0v) is 17.8. The Kier molecular flexibility index (Phi) is 5.72. The summed E-state index contributed by atoms with van der Waals surface area (Å²) >= 11 is 0. The molecule has 2 aliphatic heterocycles. The second kappa shape index (κ2) is 8.96. The van der Waals surface area contributed by atoms with E-state index in [-0.39, 0.29) is 17.4 Å². The summed E-state index contributed by atoms with van der Waals surface area (Å²) in [5, 5.41) is 8.59. The van der Waals surface area contributed by atoms with E-state index in [0.717, 1.165) is 30.8 Å². The van der Waals surface area contributed by atoms with Gasteiger partial charge in [0.1, 0.15) is 12.4 Å². The average Bonchev–Trinajstić information content (AvgIpc) is 3.38. The third-order valence-electron chi connectivity index (χ3n) is 6.13. The first kappa shape index (κ1) is 20.4. The van der Waals surface area contributed by atoms with Gasteiger partial charge in [0.2, 0.25) is 5.91 Å². The van der Waals surface area contributed by atoms with Crippen LogP contribution in [-0.4, -0.2) is 74.6 Å². The molecule has 0 spiro atoms. The molecule has 0 bridgehead atoms. The normalized spacial score (nSPS) is 18.8. The first-order chi connectivity index (χ1) is 15.7. The molecule has 2 aliphatic rings. The molecule has 1 atom stereocenters. The summed E-state index contributed by atoms with van der Waals surface area (Å²) in [6.07, 6.45) is 4.20. The Morgan fingerprint density at radius 1 is 1.03 bits per heavy atom.